The van der Waals surface area contributed by atoms with Crippen LogP contribution < -0.4 is 11.1 Å². The summed E-state index contributed by atoms with van der Waals surface area (Å²) in [5.74, 6) is -0.711. The largest absolute Gasteiger partial charge is 0.469 e. The van der Waals surface area contributed by atoms with Crippen LogP contribution in [-0.4, -0.2) is 25.5 Å². The molecule has 0 radical (unpaired) electrons. The molecular formula is C22H23ClN2O3. The SMILES string of the molecule is COC(=O)CC(NC(=O)CN)c1ccc(-c2cccc3ccccc23)cc1.Cl. The molecule has 1 amide bonds. The number of halogens is 1. The third kappa shape index (κ3) is 4.88. The molecule has 3 rings (SSSR count). The molecule has 0 spiro atoms. The first-order chi connectivity index (χ1) is 13.1. The lowest BCUT2D eigenvalue weighted by Crippen LogP contribution is -2.35. The van der Waals surface area contributed by atoms with E-state index >= 15 is 0 Å². The van der Waals surface area contributed by atoms with Gasteiger partial charge < -0.3 is 15.8 Å². The summed E-state index contributed by atoms with van der Waals surface area (Å²) in [6, 6.07) is 21.8. The van der Waals surface area contributed by atoms with E-state index in [2.05, 4.69) is 29.6 Å². The molecule has 5 nitrogen and oxygen atoms in total. The van der Waals surface area contributed by atoms with Gasteiger partial charge in [0.05, 0.1) is 26.1 Å². The van der Waals surface area contributed by atoms with Crippen LogP contribution in [-0.2, 0) is 14.3 Å². The van der Waals surface area contributed by atoms with Crippen LogP contribution in [0.25, 0.3) is 21.9 Å². The van der Waals surface area contributed by atoms with Gasteiger partial charge in [0, 0.05) is 0 Å². The average molecular weight is 399 g/mol. The molecule has 0 aliphatic rings. The van der Waals surface area contributed by atoms with E-state index in [1.54, 1.807) is 0 Å². The number of methoxy groups -OCH3 is 1. The Labute approximate surface area is 170 Å². The van der Waals surface area contributed by atoms with Crippen LogP contribution in [0.2, 0.25) is 0 Å². The molecule has 0 saturated carbocycles. The molecule has 0 saturated heterocycles. The van der Waals surface area contributed by atoms with Crippen LogP contribution in [0.15, 0.2) is 66.7 Å². The van der Waals surface area contributed by atoms with E-state index in [0.717, 1.165) is 16.7 Å². The highest BCUT2D eigenvalue weighted by molar-refractivity contribution is 5.96. The average Bonchev–Trinajstić information content (AvgIpc) is 2.72. The van der Waals surface area contributed by atoms with Crippen molar-refractivity contribution >= 4 is 35.1 Å². The van der Waals surface area contributed by atoms with Gasteiger partial charge in [0.2, 0.25) is 5.91 Å². The second kappa shape index (κ2) is 9.88. The molecule has 0 aliphatic carbocycles. The summed E-state index contributed by atoms with van der Waals surface area (Å²) in [6.07, 6.45) is 0.0514. The fourth-order valence-corrected chi connectivity index (χ4v) is 3.13. The lowest BCUT2D eigenvalue weighted by atomic mass is 9.95. The number of esters is 1. The minimum Gasteiger partial charge on any atom is -0.469 e. The zero-order chi connectivity index (χ0) is 19.2. The Balaban J connectivity index is 0.00000280. The summed E-state index contributed by atoms with van der Waals surface area (Å²) < 4.78 is 4.74. The van der Waals surface area contributed by atoms with Gasteiger partial charge in [0.1, 0.15) is 0 Å². The van der Waals surface area contributed by atoms with Gasteiger partial charge in [-0.25, -0.2) is 0 Å². The van der Waals surface area contributed by atoms with Crippen molar-refractivity contribution in [2.75, 3.05) is 13.7 Å². The monoisotopic (exact) mass is 398 g/mol. The number of ether oxygens (including phenoxy) is 1. The van der Waals surface area contributed by atoms with E-state index in [1.807, 2.05) is 42.5 Å². The molecule has 3 aromatic carbocycles. The standard InChI is InChI=1S/C22H22N2O3.ClH/c1-27-22(26)13-20(24-21(25)14-23)17-11-9-16(10-12-17)19-8-4-6-15-5-2-3-7-18(15)19;/h2-12,20H,13-14,23H2,1H3,(H,24,25);1H. The molecule has 28 heavy (non-hydrogen) atoms. The third-order valence-corrected chi connectivity index (χ3v) is 4.53. The van der Waals surface area contributed by atoms with Gasteiger partial charge in [-0.3, -0.25) is 9.59 Å². The normalized spacial score (nSPS) is 11.4. The number of nitrogens with two attached hydrogens (primary N) is 1. The third-order valence-electron chi connectivity index (χ3n) is 4.53. The van der Waals surface area contributed by atoms with Crippen LogP contribution in [0.3, 0.4) is 0 Å². The van der Waals surface area contributed by atoms with E-state index in [0.29, 0.717) is 0 Å². The van der Waals surface area contributed by atoms with Crippen LogP contribution in [0, 0.1) is 0 Å². The smallest absolute Gasteiger partial charge is 0.307 e. The highest BCUT2D eigenvalue weighted by atomic mass is 35.5. The Hall–Kier alpha value is -2.89. The van der Waals surface area contributed by atoms with Gasteiger partial charge in [-0.2, -0.15) is 0 Å². The first kappa shape index (κ1) is 21.4. The van der Waals surface area contributed by atoms with Gasteiger partial charge in [-0.1, -0.05) is 66.7 Å². The molecule has 3 N–H and O–H groups in total. The lowest BCUT2D eigenvalue weighted by Gasteiger charge is -2.18. The van der Waals surface area contributed by atoms with Crippen molar-refractivity contribution in [3.8, 4) is 11.1 Å². The number of nitrogens with one attached hydrogen (secondary N) is 1. The van der Waals surface area contributed by atoms with Crippen molar-refractivity contribution in [1.82, 2.24) is 5.32 Å². The Morgan fingerprint density at radius 3 is 2.36 bits per heavy atom. The van der Waals surface area contributed by atoms with E-state index in [9.17, 15) is 9.59 Å². The molecule has 3 aromatic rings. The number of hydrogen-bond donors (Lipinski definition) is 2. The lowest BCUT2D eigenvalue weighted by molar-refractivity contribution is -0.141. The van der Waals surface area contributed by atoms with Crippen molar-refractivity contribution in [2.45, 2.75) is 12.5 Å². The number of fused-ring (bicyclic) bond motifs is 1. The second-order valence-electron chi connectivity index (χ2n) is 6.25. The van der Waals surface area contributed by atoms with Gasteiger partial charge in [0.25, 0.3) is 0 Å². The summed E-state index contributed by atoms with van der Waals surface area (Å²) in [5.41, 5.74) is 8.41. The fraction of sp³-hybridized carbons (Fsp3) is 0.182. The van der Waals surface area contributed by atoms with Crippen LogP contribution in [0.5, 0.6) is 0 Å². The van der Waals surface area contributed by atoms with E-state index < -0.39 is 12.0 Å². The molecule has 6 heteroatoms. The number of amides is 1. The number of carbonyl (C=O) groups is 2. The molecule has 0 bridgehead atoms. The van der Waals surface area contributed by atoms with E-state index in [4.69, 9.17) is 10.5 Å². The summed E-state index contributed by atoms with van der Waals surface area (Å²) in [7, 11) is 1.33. The van der Waals surface area contributed by atoms with Gasteiger partial charge in [-0.15, -0.1) is 12.4 Å². The van der Waals surface area contributed by atoms with Crippen molar-refractivity contribution < 1.29 is 14.3 Å². The summed E-state index contributed by atoms with van der Waals surface area (Å²) in [4.78, 5) is 23.4. The Bertz CT molecular complexity index is 934. The quantitative estimate of drug-likeness (QED) is 0.621. The summed E-state index contributed by atoms with van der Waals surface area (Å²) in [6.45, 7) is -0.133. The number of rotatable bonds is 6. The second-order valence-corrected chi connectivity index (χ2v) is 6.25. The van der Waals surface area contributed by atoms with Crippen LogP contribution in [0.1, 0.15) is 18.0 Å². The molecule has 0 aromatic heterocycles. The predicted octanol–water partition coefficient (Wildman–Crippen LogP) is 3.61. The van der Waals surface area contributed by atoms with Crippen LogP contribution >= 0.6 is 12.4 Å². The zero-order valence-corrected chi connectivity index (χ0v) is 16.4. The van der Waals surface area contributed by atoms with Crippen molar-refractivity contribution in [3.05, 3.63) is 72.3 Å². The maximum Gasteiger partial charge on any atom is 0.307 e. The van der Waals surface area contributed by atoms with Crippen LogP contribution in [0.4, 0.5) is 0 Å². The van der Waals surface area contributed by atoms with Gasteiger partial charge >= 0.3 is 5.97 Å². The molecule has 146 valence electrons. The molecular weight excluding hydrogens is 376 g/mol. The van der Waals surface area contributed by atoms with Crippen molar-refractivity contribution in [1.29, 1.82) is 0 Å². The summed E-state index contributed by atoms with van der Waals surface area (Å²) >= 11 is 0. The molecule has 0 aliphatic heterocycles. The van der Waals surface area contributed by atoms with E-state index in [1.165, 1.54) is 17.9 Å². The van der Waals surface area contributed by atoms with Crippen molar-refractivity contribution in [2.24, 2.45) is 5.73 Å². The van der Waals surface area contributed by atoms with E-state index in [-0.39, 0.29) is 31.3 Å². The number of hydrogen-bond acceptors (Lipinski definition) is 4. The molecule has 1 atom stereocenters. The Morgan fingerprint density at radius 1 is 1.00 bits per heavy atom. The predicted molar refractivity (Wildman–Crippen MR) is 113 cm³/mol. The number of benzene rings is 3. The maximum atomic E-state index is 11.7. The Kier molecular flexibility index (Phi) is 7.55. The van der Waals surface area contributed by atoms with Gasteiger partial charge in [-0.05, 0) is 27.5 Å². The first-order valence-electron chi connectivity index (χ1n) is 8.76. The molecule has 0 heterocycles. The Morgan fingerprint density at radius 2 is 1.68 bits per heavy atom. The van der Waals surface area contributed by atoms with Crippen molar-refractivity contribution in [3.63, 3.8) is 0 Å². The highest BCUT2D eigenvalue weighted by Gasteiger charge is 2.18. The maximum absolute atomic E-state index is 11.7. The zero-order valence-electron chi connectivity index (χ0n) is 15.6. The highest BCUT2D eigenvalue weighted by Crippen LogP contribution is 2.29. The summed E-state index contributed by atoms with van der Waals surface area (Å²) in [5, 5.41) is 5.13. The minimum atomic E-state index is -0.477. The number of carbonyl (C=O) groups excluding carboxylic acids is 2. The fourth-order valence-electron chi connectivity index (χ4n) is 3.13. The molecule has 1 unspecified atom stereocenters. The minimum absolute atomic E-state index is 0. The topological polar surface area (TPSA) is 81.4 Å². The first-order valence-corrected chi connectivity index (χ1v) is 8.76. The molecule has 0 fully saturated rings. The van der Waals surface area contributed by atoms with Gasteiger partial charge in [0.15, 0.2) is 0 Å².